The molecule has 1 aromatic heterocycles. The lowest BCUT2D eigenvalue weighted by Gasteiger charge is -2.33. The molecule has 160 valence electrons. The summed E-state index contributed by atoms with van der Waals surface area (Å²) >= 11 is 1.82. The van der Waals surface area contributed by atoms with Gasteiger partial charge in [-0.25, -0.2) is 0 Å². The van der Waals surface area contributed by atoms with Crippen LogP contribution in [0.1, 0.15) is 51.9 Å². The van der Waals surface area contributed by atoms with Crippen LogP contribution in [0.3, 0.4) is 0 Å². The molecule has 28 heavy (non-hydrogen) atoms. The van der Waals surface area contributed by atoms with E-state index in [4.69, 9.17) is 4.99 Å². The number of anilines is 1. The van der Waals surface area contributed by atoms with Gasteiger partial charge in [-0.1, -0.05) is 12.8 Å². The number of nitrogens with one attached hydrogen (secondary N) is 2. The zero-order valence-corrected chi connectivity index (χ0v) is 20.3. The number of hydrogen-bond donors (Lipinski definition) is 2. The van der Waals surface area contributed by atoms with Gasteiger partial charge in [0.2, 0.25) is 0 Å². The molecule has 2 N–H and O–H groups in total. The second-order valence-electron chi connectivity index (χ2n) is 6.86. The van der Waals surface area contributed by atoms with Gasteiger partial charge < -0.3 is 20.3 Å². The Morgan fingerprint density at radius 2 is 2.04 bits per heavy atom. The van der Waals surface area contributed by atoms with Crippen molar-refractivity contribution in [3.8, 4) is 0 Å². The summed E-state index contributed by atoms with van der Waals surface area (Å²) in [5.74, 6) is 0.818. The molecule has 0 atom stereocenters. The average Bonchev–Trinajstić information content (AvgIpc) is 3.22. The van der Waals surface area contributed by atoms with E-state index in [0.717, 1.165) is 70.7 Å². The van der Waals surface area contributed by atoms with Crippen LogP contribution in [0.15, 0.2) is 22.5 Å². The Hall–Kier alpha value is -1.03. The number of aliphatic imine (C=N–C) groups is 1. The molecule has 0 spiro atoms. The van der Waals surface area contributed by atoms with Crippen LogP contribution in [0.2, 0.25) is 0 Å². The summed E-state index contributed by atoms with van der Waals surface area (Å²) in [6.45, 7) is 5.99. The van der Waals surface area contributed by atoms with Crippen LogP contribution in [0.4, 0.5) is 5.00 Å². The standard InChI is InChI=1S/C20H34N4O2S.HI/c1-3-21-20(22-13-7-5-4-6-10-19(25)26-2)23-17-11-14-24(15-12-17)18-9-8-16-27-18;/h8-9,16-17H,3-7,10-15H2,1-2H3,(H2,21,22,23);1H. The Morgan fingerprint density at radius 3 is 2.68 bits per heavy atom. The van der Waals surface area contributed by atoms with Gasteiger partial charge >= 0.3 is 5.97 Å². The minimum atomic E-state index is -0.114. The van der Waals surface area contributed by atoms with Crippen LogP contribution in [0.25, 0.3) is 0 Å². The number of thiophene rings is 1. The number of ether oxygens (including phenoxy) is 1. The zero-order chi connectivity index (χ0) is 19.3. The second kappa shape index (κ2) is 14.9. The maximum atomic E-state index is 11.1. The summed E-state index contributed by atoms with van der Waals surface area (Å²) in [5.41, 5.74) is 0. The summed E-state index contributed by atoms with van der Waals surface area (Å²) in [4.78, 5) is 18.3. The maximum Gasteiger partial charge on any atom is 0.305 e. The minimum Gasteiger partial charge on any atom is -0.469 e. The van der Waals surface area contributed by atoms with E-state index in [0.29, 0.717) is 12.5 Å². The second-order valence-corrected chi connectivity index (χ2v) is 7.78. The van der Waals surface area contributed by atoms with Crippen molar-refractivity contribution in [3.63, 3.8) is 0 Å². The Kier molecular flexibility index (Phi) is 13.3. The van der Waals surface area contributed by atoms with E-state index < -0.39 is 0 Å². The van der Waals surface area contributed by atoms with E-state index in [-0.39, 0.29) is 29.9 Å². The molecule has 0 radical (unpaired) electrons. The van der Waals surface area contributed by atoms with E-state index in [1.165, 1.54) is 12.1 Å². The van der Waals surface area contributed by atoms with Crippen molar-refractivity contribution in [2.45, 2.75) is 57.9 Å². The number of guanidine groups is 1. The molecule has 1 aliphatic heterocycles. The lowest BCUT2D eigenvalue weighted by atomic mass is 10.1. The SMILES string of the molecule is CCNC(=NCCCCCCC(=O)OC)NC1CCN(c2cccs2)CC1.I. The number of nitrogens with zero attached hydrogens (tertiary/aromatic N) is 2. The third-order valence-electron chi connectivity index (χ3n) is 4.78. The van der Waals surface area contributed by atoms with Crippen molar-refractivity contribution >= 4 is 52.2 Å². The van der Waals surface area contributed by atoms with E-state index in [1.54, 1.807) is 0 Å². The maximum absolute atomic E-state index is 11.1. The van der Waals surface area contributed by atoms with E-state index in [2.05, 4.69) is 44.7 Å². The fourth-order valence-electron chi connectivity index (χ4n) is 3.24. The van der Waals surface area contributed by atoms with Gasteiger partial charge in [-0.15, -0.1) is 35.3 Å². The minimum absolute atomic E-state index is 0. The van der Waals surface area contributed by atoms with Crippen LogP contribution in [-0.4, -0.2) is 51.3 Å². The fourth-order valence-corrected chi connectivity index (χ4v) is 4.02. The molecule has 1 fully saturated rings. The Bertz CT molecular complexity index is 561. The van der Waals surface area contributed by atoms with Gasteiger partial charge in [-0.05, 0) is 50.1 Å². The zero-order valence-electron chi connectivity index (χ0n) is 17.1. The number of esters is 1. The molecule has 1 aliphatic rings. The number of piperidine rings is 1. The predicted octanol–water partition coefficient (Wildman–Crippen LogP) is 4.01. The topological polar surface area (TPSA) is 66.0 Å². The first-order valence-electron chi connectivity index (χ1n) is 10.1. The molecule has 2 heterocycles. The number of carbonyl (C=O) groups is 1. The Labute approximate surface area is 190 Å². The first-order chi connectivity index (χ1) is 13.2. The fraction of sp³-hybridized carbons (Fsp3) is 0.700. The van der Waals surface area contributed by atoms with Crippen LogP contribution in [0, 0.1) is 0 Å². The molecule has 0 unspecified atom stereocenters. The molecule has 8 heteroatoms. The first-order valence-corrected chi connectivity index (χ1v) is 11.0. The third kappa shape index (κ3) is 9.45. The number of hydrogen-bond acceptors (Lipinski definition) is 5. The molecule has 2 rings (SSSR count). The highest BCUT2D eigenvalue weighted by Crippen LogP contribution is 2.24. The number of rotatable bonds is 10. The van der Waals surface area contributed by atoms with Crippen molar-refractivity contribution in [2.75, 3.05) is 38.2 Å². The van der Waals surface area contributed by atoms with Crippen molar-refractivity contribution in [1.82, 2.24) is 10.6 Å². The van der Waals surface area contributed by atoms with Crippen LogP contribution in [0.5, 0.6) is 0 Å². The lowest BCUT2D eigenvalue weighted by molar-refractivity contribution is -0.140. The van der Waals surface area contributed by atoms with Gasteiger partial charge in [-0.3, -0.25) is 9.79 Å². The number of carbonyl (C=O) groups excluding carboxylic acids is 1. The Balaban J connectivity index is 0.00000392. The lowest BCUT2D eigenvalue weighted by Crippen LogP contribution is -2.48. The van der Waals surface area contributed by atoms with E-state index in [1.807, 2.05) is 11.3 Å². The summed E-state index contributed by atoms with van der Waals surface area (Å²) < 4.78 is 4.66. The summed E-state index contributed by atoms with van der Waals surface area (Å²) in [7, 11) is 1.44. The van der Waals surface area contributed by atoms with Crippen LogP contribution < -0.4 is 15.5 Å². The number of halogens is 1. The summed E-state index contributed by atoms with van der Waals surface area (Å²) in [6, 6.07) is 4.81. The number of methoxy groups -OCH3 is 1. The molecule has 6 nitrogen and oxygen atoms in total. The van der Waals surface area contributed by atoms with Gasteiger partial charge in [-0.2, -0.15) is 0 Å². The van der Waals surface area contributed by atoms with Gasteiger partial charge in [0.25, 0.3) is 0 Å². The van der Waals surface area contributed by atoms with Crippen LogP contribution >= 0.6 is 35.3 Å². The third-order valence-corrected chi connectivity index (χ3v) is 5.71. The Morgan fingerprint density at radius 1 is 1.29 bits per heavy atom. The van der Waals surface area contributed by atoms with Gasteiger partial charge in [0.05, 0.1) is 12.1 Å². The highest BCUT2D eigenvalue weighted by Gasteiger charge is 2.20. The van der Waals surface area contributed by atoms with Crippen molar-refractivity contribution < 1.29 is 9.53 Å². The molecule has 1 saturated heterocycles. The highest BCUT2D eigenvalue weighted by atomic mass is 127. The first kappa shape index (κ1) is 25.0. The normalized spacial score (nSPS) is 15.1. The summed E-state index contributed by atoms with van der Waals surface area (Å²) in [5, 5.41) is 10.5. The predicted molar refractivity (Wildman–Crippen MR) is 129 cm³/mol. The van der Waals surface area contributed by atoms with Gasteiger partial charge in [0.1, 0.15) is 0 Å². The molecule has 0 amide bonds. The van der Waals surface area contributed by atoms with Gasteiger partial charge in [0.15, 0.2) is 5.96 Å². The number of unbranched alkanes of at least 4 members (excludes halogenated alkanes) is 3. The molecular weight excluding hydrogens is 487 g/mol. The smallest absolute Gasteiger partial charge is 0.305 e. The van der Waals surface area contributed by atoms with Crippen molar-refractivity contribution in [2.24, 2.45) is 4.99 Å². The van der Waals surface area contributed by atoms with E-state index in [9.17, 15) is 4.79 Å². The molecule has 0 bridgehead atoms. The van der Waals surface area contributed by atoms with Crippen molar-refractivity contribution in [1.29, 1.82) is 0 Å². The van der Waals surface area contributed by atoms with E-state index >= 15 is 0 Å². The van der Waals surface area contributed by atoms with Crippen molar-refractivity contribution in [3.05, 3.63) is 17.5 Å². The van der Waals surface area contributed by atoms with Gasteiger partial charge in [0, 0.05) is 38.6 Å². The average molecular weight is 522 g/mol. The highest BCUT2D eigenvalue weighted by molar-refractivity contribution is 14.0. The molecule has 0 aliphatic carbocycles. The monoisotopic (exact) mass is 522 g/mol. The quantitative estimate of drug-likeness (QED) is 0.160. The van der Waals surface area contributed by atoms with Crippen LogP contribution in [-0.2, 0) is 9.53 Å². The molecular formula is C20H35IN4O2S. The summed E-state index contributed by atoms with van der Waals surface area (Å²) in [6.07, 6.45) is 6.89. The molecule has 0 saturated carbocycles. The largest absolute Gasteiger partial charge is 0.469 e. The molecule has 1 aromatic rings. The molecule has 0 aromatic carbocycles.